The van der Waals surface area contributed by atoms with Gasteiger partial charge in [-0.15, -0.1) is 0 Å². The van der Waals surface area contributed by atoms with Crippen LogP contribution in [0.1, 0.15) is 19.8 Å². The van der Waals surface area contributed by atoms with Crippen LogP contribution in [-0.4, -0.2) is 67.3 Å². The maximum Gasteiger partial charge on any atom is 0.237 e. The molecule has 1 N–H and O–H groups in total. The van der Waals surface area contributed by atoms with Gasteiger partial charge in [-0.25, -0.2) is 0 Å². The number of hydrogen-bond donors (Lipinski definition) is 1. The molecule has 144 valence electrons. The van der Waals surface area contributed by atoms with Crippen molar-refractivity contribution in [3.63, 3.8) is 0 Å². The van der Waals surface area contributed by atoms with Crippen LogP contribution in [0.2, 0.25) is 0 Å². The van der Waals surface area contributed by atoms with Gasteiger partial charge in [-0.05, 0) is 31.9 Å². The Labute approximate surface area is 160 Å². The van der Waals surface area contributed by atoms with Crippen molar-refractivity contribution in [3.05, 3.63) is 36.5 Å². The minimum absolute atomic E-state index is 0.105. The standard InChI is InChI=1S/C21H28N4O2/c1-16(21(26)23-15-17-5-4-14-27-17)24-10-12-25(13-11-24)20-8-9-22-19-7-3-2-6-18(19)20/h2-3,6-9,16-17H,4-5,10-15H2,1H3,(H,23,26). The number of ether oxygens (including phenoxy) is 1. The molecule has 0 bridgehead atoms. The van der Waals surface area contributed by atoms with Crippen molar-refractivity contribution in [2.45, 2.75) is 31.9 Å². The lowest BCUT2D eigenvalue weighted by molar-refractivity contribution is -0.126. The van der Waals surface area contributed by atoms with Gasteiger partial charge in [-0.3, -0.25) is 14.7 Å². The minimum Gasteiger partial charge on any atom is -0.376 e. The number of aromatic nitrogens is 1. The van der Waals surface area contributed by atoms with Gasteiger partial charge in [0.1, 0.15) is 0 Å². The van der Waals surface area contributed by atoms with E-state index in [1.807, 2.05) is 19.2 Å². The molecule has 2 aliphatic heterocycles. The zero-order valence-corrected chi connectivity index (χ0v) is 15.9. The normalized spacial score (nSPS) is 22.1. The molecule has 2 atom stereocenters. The highest BCUT2D eigenvalue weighted by molar-refractivity contribution is 5.91. The van der Waals surface area contributed by atoms with Crippen LogP contribution >= 0.6 is 0 Å². The van der Waals surface area contributed by atoms with E-state index in [9.17, 15) is 4.79 Å². The SMILES string of the molecule is CC(C(=O)NCC1CCCO1)N1CCN(c2ccnc3ccccc23)CC1. The fourth-order valence-electron chi connectivity index (χ4n) is 4.04. The molecule has 27 heavy (non-hydrogen) atoms. The molecule has 1 aromatic heterocycles. The second kappa shape index (κ2) is 8.23. The molecule has 0 radical (unpaired) electrons. The molecule has 4 rings (SSSR count). The van der Waals surface area contributed by atoms with Gasteiger partial charge in [0.05, 0.1) is 17.7 Å². The van der Waals surface area contributed by atoms with Gasteiger partial charge in [-0.2, -0.15) is 0 Å². The highest BCUT2D eigenvalue weighted by atomic mass is 16.5. The van der Waals surface area contributed by atoms with E-state index >= 15 is 0 Å². The fourth-order valence-corrected chi connectivity index (χ4v) is 4.04. The second-order valence-electron chi connectivity index (χ2n) is 7.43. The Morgan fingerprint density at radius 1 is 1.26 bits per heavy atom. The number of para-hydroxylation sites is 1. The Morgan fingerprint density at radius 3 is 2.85 bits per heavy atom. The van der Waals surface area contributed by atoms with Crippen LogP contribution in [0.15, 0.2) is 36.5 Å². The van der Waals surface area contributed by atoms with Crippen LogP contribution in [0.4, 0.5) is 5.69 Å². The third-order valence-electron chi connectivity index (χ3n) is 5.74. The highest BCUT2D eigenvalue weighted by Crippen LogP contribution is 2.26. The first-order chi connectivity index (χ1) is 13.2. The molecule has 0 saturated carbocycles. The molecule has 1 aromatic carbocycles. The number of piperazine rings is 1. The molecule has 2 fully saturated rings. The number of hydrogen-bond acceptors (Lipinski definition) is 5. The topological polar surface area (TPSA) is 57.7 Å². The van der Waals surface area contributed by atoms with Crippen LogP contribution in [0.3, 0.4) is 0 Å². The maximum absolute atomic E-state index is 12.5. The van der Waals surface area contributed by atoms with Crippen molar-refractivity contribution < 1.29 is 9.53 Å². The third-order valence-corrected chi connectivity index (χ3v) is 5.74. The van der Waals surface area contributed by atoms with Crippen molar-refractivity contribution in [2.24, 2.45) is 0 Å². The average molecular weight is 368 g/mol. The molecule has 2 aromatic rings. The summed E-state index contributed by atoms with van der Waals surface area (Å²) in [5.41, 5.74) is 2.26. The summed E-state index contributed by atoms with van der Waals surface area (Å²) < 4.78 is 5.59. The number of carbonyl (C=O) groups is 1. The largest absolute Gasteiger partial charge is 0.376 e. The summed E-state index contributed by atoms with van der Waals surface area (Å²) in [6.07, 6.45) is 4.22. The number of nitrogens with one attached hydrogen (secondary N) is 1. The molecule has 0 spiro atoms. The van der Waals surface area contributed by atoms with Gasteiger partial charge in [0.2, 0.25) is 5.91 Å². The van der Waals surface area contributed by atoms with E-state index in [4.69, 9.17) is 4.74 Å². The summed E-state index contributed by atoms with van der Waals surface area (Å²) in [5.74, 6) is 0.105. The summed E-state index contributed by atoms with van der Waals surface area (Å²) in [4.78, 5) is 21.6. The first-order valence-electron chi connectivity index (χ1n) is 9.94. The lowest BCUT2D eigenvalue weighted by Gasteiger charge is -2.39. The number of anilines is 1. The Balaban J connectivity index is 1.33. The lowest BCUT2D eigenvalue weighted by Crippen LogP contribution is -2.54. The molecular formula is C21H28N4O2. The van der Waals surface area contributed by atoms with Crippen molar-refractivity contribution >= 4 is 22.5 Å². The van der Waals surface area contributed by atoms with Gasteiger partial charge >= 0.3 is 0 Å². The number of fused-ring (bicyclic) bond motifs is 1. The Kier molecular flexibility index (Phi) is 5.55. The number of amides is 1. The molecule has 6 heteroatoms. The number of carbonyl (C=O) groups excluding carboxylic acids is 1. The van der Waals surface area contributed by atoms with E-state index in [2.05, 4.69) is 44.4 Å². The predicted octanol–water partition coefficient (Wildman–Crippen LogP) is 2.04. The molecule has 2 aliphatic rings. The number of nitrogens with zero attached hydrogens (tertiary/aromatic N) is 3. The van der Waals surface area contributed by atoms with Crippen molar-refractivity contribution in [2.75, 3.05) is 44.2 Å². The van der Waals surface area contributed by atoms with Crippen LogP contribution in [-0.2, 0) is 9.53 Å². The Bertz CT molecular complexity index is 777. The van der Waals surface area contributed by atoms with E-state index in [-0.39, 0.29) is 18.1 Å². The van der Waals surface area contributed by atoms with Crippen molar-refractivity contribution in [1.29, 1.82) is 0 Å². The molecule has 3 heterocycles. The van der Waals surface area contributed by atoms with E-state index < -0.39 is 0 Å². The second-order valence-corrected chi connectivity index (χ2v) is 7.43. The predicted molar refractivity (Wildman–Crippen MR) is 107 cm³/mol. The number of benzene rings is 1. The summed E-state index contributed by atoms with van der Waals surface area (Å²) in [6.45, 7) is 7.04. The van der Waals surface area contributed by atoms with Gasteiger partial charge < -0.3 is 15.0 Å². The van der Waals surface area contributed by atoms with Crippen LogP contribution < -0.4 is 10.2 Å². The molecule has 0 aliphatic carbocycles. The molecule has 6 nitrogen and oxygen atoms in total. The number of pyridine rings is 1. The first kappa shape index (κ1) is 18.2. The maximum atomic E-state index is 12.5. The smallest absolute Gasteiger partial charge is 0.237 e. The monoisotopic (exact) mass is 368 g/mol. The number of rotatable bonds is 5. The lowest BCUT2D eigenvalue weighted by atomic mass is 10.1. The zero-order chi connectivity index (χ0) is 18.6. The van der Waals surface area contributed by atoms with Gasteiger partial charge in [-0.1, -0.05) is 18.2 Å². The van der Waals surface area contributed by atoms with Crippen LogP contribution in [0.5, 0.6) is 0 Å². The summed E-state index contributed by atoms with van der Waals surface area (Å²) >= 11 is 0. The van der Waals surface area contributed by atoms with E-state index in [0.717, 1.165) is 51.1 Å². The molecule has 1 amide bonds. The molecular weight excluding hydrogens is 340 g/mol. The average Bonchev–Trinajstić information content (AvgIpc) is 3.25. The minimum atomic E-state index is -0.109. The van der Waals surface area contributed by atoms with Gasteiger partial charge in [0.25, 0.3) is 0 Å². The summed E-state index contributed by atoms with van der Waals surface area (Å²) in [6, 6.07) is 10.2. The van der Waals surface area contributed by atoms with Gasteiger partial charge in [0, 0.05) is 56.6 Å². The Morgan fingerprint density at radius 2 is 2.07 bits per heavy atom. The molecule has 2 saturated heterocycles. The summed E-state index contributed by atoms with van der Waals surface area (Å²) in [7, 11) is 0. The van der Waals surface area contributed by atoms with Crippen LogP contribution in [0.25, 0.3) is 10.9 Å². The summed E-state index contributed by atoms with van der Waals surface area (Å²) in [5, 5.41) is 4.25. The highest BCUT2D eigenvalue weighted by Gasteiger charge is 2.27. The quantitative estimate of drug-likeness (QED) is 0.875. The van der Waals surface area contributed by atoms with E-state index in [1.165, 1.54) is 11.1 Å². The van der Waals surface area contributed by atoms with E-state index in [1.54, 1.807) is 0 Å². The first-order valence-corrected chi connectivity index (χ1v) is 9.94. The van der Waals surface area contributed by atoms with Crippen molar-refractivity contribution in [1.82, 2.24) is 15.2 Å². The van der Waals surface area contributed by atoms with E-state index in [0.29, 0.717) is 6.54 Å². The molecule has 2 unspecified atom stereocenters. The van der Waals surface area contributed by atoms with Gasteiger partial charge in [0.15, 0.2) is 0 Å². The fraction of sp³-hybridized carbons (Fsp3) is 0.524. The zero-order valence-electron chi connectivity index (χ0n) is 15.9. The Hall–Kier alpha value is -2.18. The van der Waals surface area contributed by atoms with Crippen molar-refractivity contribution in [3.8, 4) is 0 Å². The van der Waals surface area contributed by atoms with Crippen LogP contribution in [0, 0.1) is 0 Å². The third kappa shape index (κ3) is 4.06.